The topological polar surface area (TPSA) is 69.6 Å². The summed E-state index contributed by atoms with van der Waals surface area (Å²) in [6, 6.07) is 9.85. The Balaban J connectivity index is 2.53. The van der Waals surface area contributed by atoms with Crippen LogP contribution in [0.1, 0.15) is 24.8 Å². The van der Waals surface area contributed by atoms with Gasteiger partial charge in [0, 0.05) is 6.54 Å². The SMILES string of the molecule is CC[C@H](CNC(O)C(=O)O)c1ccccc1. The van der Waals surface area contributed by atoms with Crippen molar-refractivity contribution in [2.45, 2.75) is 25.5 Å². The van der Waals surface area contributed by atoms with Gasteiger partial charge >= 0.3 is 5.97 Å². The van der Waals surface area contributed by atoms with Gasteiger partial charge in [0.25, 0.3) is 0 Å². The highest BCUT2D eigenvalue weighted by Crippen LogP contribution is 2.17. The molecular formula is C12H17NO3. The zero-order valence-electron chi connectivity index (χ0n) is 9.26. The molecule has 0 saturated carbocycles. The van der Waals surface area contributed by atoms with Gasteiger partial charge in [0.05, 0.1) is 0 Å². The number of hydrogen-bond donors (Lipinski definition) is 3. The van der Waals surface area contributed by atoms with Crippen LogP contribution in [0.3, 0.4) is 0 Å². The average molecular weight is 223 g/mol. The van der Waals surface area contributed by atoms with Gasteiger partial charge in [0.2, 0.25) is 6.23 Å². The molecule has 1 aromatic carbocycles. The lowest BCUT2D eigenvalue weighted by molar-refractivity contribution is -0.148. The van der Waals surface area contributed by atoms with Crippen molar-refractivity contribution in [2.75, 3.05) is 6.54 Å². The number of carboxylic acid groups (broad SMARTS) is 1. The molecule has 88 valence electrons. The Morgan fingerprint density at radius 2 is 2.00 bits per heavy atom. The maximum atomic E-state index is 10.4. The standard InChI is InChI=1S/C12H17NO3/c1-2-9(8-13-11(14)12(15)16)10-6-4-3-5-7-10/h3-7,9,11,13-14H,2,8H2,1H3,(H,15,16)/t9-,11?/m1/s1. The Morgan fingerprint density at radius 3 is 2.50 bits per heavy atom. The lowest BCUT2D eigenvalue weighted by Crippen LogP contribution is -2.38. The van der Waals surface area contributed by atoms with E-state index >= 15 is 0 Å². The molecule has 4 heteroatoms. The van der Waals surface area contributed by atoms with Crippen molar-refractivity contribution in [3.63, 3.8) is 0 Å². The van der Waals surface area contributed by atoms with E-state index in [0.717, 1.165) is 12.0 Å². The average Bonchev–Trinajstić information content (AvgIpc) is 2.30. The fourth-order valence-corrected chi connectivity index (χ4v) is 1.56. The maximum Gasteiger partial charge on any atom is 0.347 e. The van der Waals surface area contributed by atoms with Gasteiger partial charge in [-0.3, -0.25) is 5.32 Å². The lowest BCUT2D eigenvalue weighted by atomic mass is 9.96. The molecule has 0 aliphatic rings. The number of aliphatic carboxylic acids is 1. The first kappa shape index (κ1) is 12.7. The van der Waals surface area contributed by atoms with Crippen LogP contribution >= 0.6 is 0 Å². The number of carboxylic acids is 1. The maximum absolute atomic E-state index is 10.4. The Kier molecular flexibility index (Phi) is 4.95. The number of carbonyl (C=O) groups is 1. The van der Waals surface area contributed by atoms with Crippen LogP contribution < -0.4 is 5.32 Å². The van der Waals surface area contributed by atoms with Crippen LogP contribution in [-0.2, 0) is 4.79 Å². The summed E-state index contributed by atoms with van der Waals surface area (Å²) in [6.45, 7) is 2.49. The molecule has 4 nitrogen and oxygen atoms in total. The first-order valence-electron chi connectivity index (χ1n) is 5.34. The van der Waals surface area contributed by atoms with Crippen molar-refractivity contribution >= 4 is 5.97 Å². The van der Waals surface area contributed by atoms with E-state index in [1.54, 1.807) is 0 Å². The van der Waals surface area contributed by atoms with Gasteiger partial charge in [-0.15, -0.1) is 0 Å². The zero-order chi connectivity index (χ0) is 12.0. The lowest BCUT2D eigenvalue weighted by Gasteiger charge is -2.17. The molecule has 0 fully saturated rings. The van der Waals surface area contributed by atoms with Gasteiger partial charge < -0.3 is 10.2 Å². The predicted molar refractivity (Wildman–Crippen MR) is 61.1 cm³/mol. The van der Waals surface area contributed by atoms with Crippen molar-refractivity contribution in [1.29, 1.82) is 0 Å². The second-order valence-corrected chi connectivity index (χ2v) is 3.66. The fourth-order valence-electron chi connectivity index (χ4n) is 1.56. The van der Waals surface area contributed by atoms with E-state index in [1.807, 2.05) is 37.3 Å². The molecule has 0 saturated heterocycles. The van der Waals surface area contributed by atoms with Crippen LogP contribution in [-0.4, -0.2) is 29.0 Å². The largest absolute Gasteiger partial charge is 0.478 e. The van der Waals surface area contributed by atoms with E-state index in [1.165, 1.54) is 0 Å². The van der Waals surface area contributed by atoms with Gasteiger partial charge in [0.15, 0.2) is 0 Å². The summed E-state index contributed by atoms with van der Waals surface area (Å²) in [6.07, 6.45) is -0.596. The third-order valence-electron chi connectivity index (χ3n) is 2.56. The third-order valence-corrected chi connectivity index (χ3v) is 2.56. The molecule has 3 N–H and O–H groups in total. The molecule has 0 heterocycles. The molecule has 0 amide bonds. The summed E-state index contributed by atoms with van der Waals surface area (Å²) >= 11 is 0. The Hall–Kier alpha value is -1.39. The molecule has 0 aliphatic carbocycles. The van der Waals surface area contributed by atoms with Crippen molar-refractivity contribution in [3.8, 4) is 0 Å². The zero-order valence-corrected chi connectivity index (χ0v) is 9.26. The summed E-state index contributed by atoms with van der Waals surface area (Å²) in [7, 11) is 0. The highest BCUT2D eigenvalue weighted by atomic mass is 16.4. The summed E-state index contributed by atoms with van der Waals surface area (Å²) < 4.78 is 0. The summed E-state index contributed by atoms with van der Waals surface area (Å²) in [5.41, 5.74) is 1.15. The highest BCUT2D eigenvalue weighted by Gasteiger charge is 2.15. The molecule has 1 rings (SSSR count). The van der Waals surface area contributed by atoms with Crippen molar-refractivity contribution in [2.24, 2.45) is 0 Å². The smallest absolute Gasteiger partial charge is 0.347 e. The van der Waals surface area contributed by atoms with Gasteiger partial charge in [-0.2, -0.15) is 0 Å². The number of nitrogens with one attached hydrogen (secondary N) is 1. The number of benzene rings is 1. The predicted octanol–water partition coefficient (Wildman–Crippen LogP) is 1.17. The van der Waals surface area contributed by atoms with Crippen molar-refractivity contribution < 1.29 is 15.0 Å². The van der Waals surface area contributed by atoms with E-state index in [9.17, 15) is 4.79 Å². The number of rotatable bonds is 6. The minimum atomic E-state index is -1.49. The monoisotopic (exact) mass is 223 g/mol. The van der Waals surface area contributed by atoms with Crippen LogP contribution in [0.2, 0.25) is 0 Å². The molecule has 0 radical (unpaired) electrons. The van der Waals surface area contributed by atoms with E-state index in [4.69, 9.17) is 10.2 Å². The highest BCUT2D eigenvalue weighted by molar-refractivity contribution is 5.71. The fraction of sp³-hybridized carbons (Fsp3) is 0.417. The van der Waals surface area contributed by atoms with Crippen LogP contribution in [0.15, 0.2) is 30.3 Å². The van der Waals surface area contributed by atoms with Gasteiger partial charge in [-0.1, -0.05) is 37.3 Å². The Labute approximate surface area is 94.9 Å². The molecule has 0 spiro atoms. The summed E-state index contributed by atoms with van der Waals surface area (Å²) in [5.74, 6) is -1.03. The summed E-state index contributed by atoms with van der Waals surface area (Å²) in [4.78, 5) is 10.4. The molecule has 1 unspecified atom stereocenters. The van der Waals surface area contributed by atoms with Crippen LogP contribution in [0.4, 0.5) is 0 Å². The van der Waals surface area contributed by atoms with E-state index in [2.05, 4.69) is 5.32 Å². The molecule has 16 heavy (non-hydrogen) atoms. The summed E-state index contributed by atoms with van der Waals surface area (Å²) in [5, 5.41) is 20.2. The van der Waals surface area contributed by atoms with Gasteiger partial charge in [-0.05, 0) is 17.9 Å². The molecule has 0 aliphatic heterocycles. The first-order chi connectivity index (χ1) is 7.65. The van der Waals surface area contributed by atoms with Gasteiger partial charge in [-0.25, -0.2) is 4.79 Å². The molecule has 0 bridgehead atoms. The molecule has 1 aromatic rings. The number of aliphatic hydroxyl groups excluding tert-OH is 1. The minimum absolute atomic E-state index is 0.218. The van der Waals surface area contributed by atoms with E-state index in [-0.39, 0.29) is 5.92 Å². The van der Waals surface area contributed by atoms with Crippen LogP contribution in [0.25, 0.3) is 0 Å². The van der Waals surface area contributed by atoms with Crippen molar-refractivity contribution in [3.05, 3.63) is 35.9 Å². The van der Waals surface area contributed by atoms with Crippen LogP contribution in [0.5, 0.6) is 0 Å². The second kappa shape index (κ2) is 6.25. The first-order valence-corrected chi connectivity index (χ1v) is 5.34. The quantitative estimate of drug-likeness (QED) is 0.633. The normalized spacial score (nSPS) is 14.4. The molecular weight excluding hydrogens is 206 g/mol. The minimum Gasteiger partial charge on any atom is -0.478 e. The third kappa shape index (κ3) is 3.64. The van der Waals surface area contributed by atoms with Crippen LogP contribution in [0, 0.1) is 0 Å². The van der Waals surface area contributed by atoms with E-state index < -0.39 is 12.2 Å². The molecule has 2 atom stereocenters. The molecule has 0 aromatic heterocycles. The second-order valence-electron chi connectivity index (χ2n) is 3.66. The number of hydrogen-bond acceptors (Lipinski definition) is 3. The Morgan fingerprint density at radius 1 is 1.38 bits per heavy atom. The van der Waals surface area contributed by atoms with Gasteiger partial charge in [0.1, 0.15) is 0 Å². The van der Waals surface area contributed by atoms with Crippen molar-refractivity contribution in [1.82, 2.24) is 5.32 Å². The number of aliphatic hydroxyl groups is 1. The van der Waals surface area contributed by atoms with E-state index in [0.29, 0.717) is 6.54 Å². The Bertz CT molecular complexity index is 326.